The lowest BCUT2D eigenvalue weighted by molar-refractivity contribution is -0.158. The number of aliphatic carboxylic acids is 1. The van der Waals surface area contributed by atoms with Crippen LogP contribution < -0.4 is 10.6 Å². The number of amides is 2. The van der Waals surface area contributed by atoms with E-state index < -0.39 is 35.1 Å². The van der Waals surface area contributed by atoms with E-state index >= 15 is 0 Å². The van der Waals surface area contributed by atoms with Gasteiger partial charge in [0.25, 0.3) is 11.8 Å². The molecule has 3 aliphatic carbocycles. The second kappa shape index (κ2) is 9.37. The molecule has 10 nitrogen and oxygen atoms in total. The van der Waals surface area contributed by atoms with Gasteiger partial charge < -0.3 is 15.7 Å². The molecule has 200 valence electrons. The molecule has 3 aromatic heterocycles. The number of carbonyl (C=O) groups is 3. The van der Waals surface area contributed by atoms with Crippen LogP contribution in [-0.4, -0.2) is 49.0 Å². The van der Waals surface area contributed by atoms with Gasteiger partial charge in [0.1, 0.15) is 17.1 Å². The summed E-state index contributed by atoms with van der Waals surface area (Å²) in [7, 11) is 0. The van der Waals surface area contributed by atoms with E-state index in [4.69, 9.17) is 0 Å². The minimum atomic E-state index is -4.61. The zero-order chi connectivity index (χ0) is 27.1. The minimum absolute atomic E-state index is 0.0799. The second-order valence-electron chi connectivity index (χ2n) is 10.1. The van der Waals surface area contributed by atoms with Crippen molar-refractivity contribution in [2.24, 2.45) is 10.8 Å². The van der Waals surface area contributed by atoms with Crippen molar-refractivity contribution >= 4 is 23.4 Å². The Morgan fingerprint density at radius 1 is 0.974 bits per heavy atom. The first-order valence-corrected chi connectivity index (χ1v) is 12.2. The Balaban J connectivity index is 1.28. The smallest absolute Gasteiger partial charge is 0.433 e. The van der Waals surface area contributed by atoms with Gasteiger partial charge in [0.2, 0.25) is 0 Å². The lowest BCUT2D eigenvalue weighted by Crippen LogP contribution is -2.50. The van der Waals surface area contributed by atoms with E-state index in [1.807, 2.05) is 0 Å². The molecule has 13 heteroatoms. The summed E-state index contributed by atoms with van der Waals surface area (Å²) in [6, 6.07) is 5.02. The van der Waals surface area contributed by atoms with E-state index in [9.17, 15) is 32.7 Å². The lowest BCUT2D eigenvalue weighted by Gasteiger charge is -2.51. The molecule has 3 saturated carbocycles. The van der Waals surface area contributed by atoms with Crippen LogP contribution in [0, 0.1) is 10.8 Å². The highest BCUT2D eigenvalue weighted by molar-refractivity contribution is 5.98. The average Bonchev–Trinajstić information content (AvgIpc) is 3.39. The van der Waals surface area contributed by atoms with E-state index in [1.54, 1.807) is 0 Å². The van der Waals surface area contributed by atoms with E-state index in [2.05, 4.69) is 25.7 Å². The summed E-state index contributed by atoms with van der Waals surface area (Å²) in [5.41, 5.74) is -1.43. The van der Waals surface area contributed by atoms with Crippen molar-refractivity contribution in [1.29, 1.82) is 0 Å². The van der Waals surface area contributed by atoms with Gasteiger partial charge in [0.15, 0.2) is 5.65 Å². The summed E-state index contributed by atoms with van der Waals surface area (Å²) < 4.78 is 40.1. The van der Waals surface area contributed by atoms with Gasteiger partial charge in [-0.05, 0) is 61.6 Å². The third-order valence-corrected chi connectivity index (χ3v) is 7.87. The fraction of sp³-hybridized carbons (Fsp3) is 0.440. The number of nitrogens with one attached hydrogen (secondary N) is 2. The van der Waals surface area contributed by atoms with Crippen LogP contribution >= 0.6 is 0 Å². The molecule has 2 amide bonds. The SMILES string of the molecule is O=C(NCc1ccnc(C(F)(F)F)c1)c1cc(C(=O)NCC23CCC(C(=O)O)(CC2)CC3)n2nccc2n1. The van der Waals surface area contributed by atoms with Crippen molar-refractivity contribution < 1.29 is 32.7 Å². The number of nitrogens with zero attached hydrogens (tertiary/aromatic N) is 4. The fourth-order valence-corrected chi connectivity index (χ4v) is 5.41. The second-order valence-corrected chi connectivity index (χ2v) is 10.1. The minimum Gasteiger partial charge on any atom is -0.481 e. The Morgan fingerprint density at radius 3 is 2.34 bits per heavy atom. The largest absolute Gasteiger partial charge is 0.481 e. The molecule has 0 unspecified atom stereocenters. The van der Waals surface area contributed by atoms with Crippen molar-refractivity contribution in [2.45, 2.75) is 51.2 Å². The molecule has 0 radical (unpaired) electrons. The number of hydrogen-bond acceptors (Lipinski definition) is 6. The third kappa shape index (κ3) is 4.79. The normalized spacial score (nSPS) is 22.8. The number of hydrogen-bond donors (Lipinski definition) is 3. The molecular weight excluding hydrogens is 505 g/mol. The maximum atomic E-state index is 13.2. The number of fused-ring (bicyclic) bond motifs is 4. The van der Waals surface area contributed by atoms with Crippen molar-refractivity contribution in [2.75, 3.05) is 6.54 Å². The summed E-state index contributed by atoms with van der Waals surface area (Å²) in [6.07, 6.45) is 1.75. The summed E-state index contributed by atoms with van der Waals surface area (Å²) >= 11 is 0. The van der Waals surface area contributed by atoms with E-state index in [1.165, 1.54) is 28.9 Å². The van der Waals surface area contributed by atoms with Gasteiger partial charge in [-0.25, -0.2) is 9.50 Å². The van der Waals surface area contributed by atoms with Gasteiger partial charge in [-0.15, -0.1) is 0 Å². The molecule has 3 fully saturated rings. The number of carboxylic acid groups (broad SMARTS) is 1. The number of alkyl halides is 3. The lowest BCUT2D eigenvalue weighted by atomic mass is 9.53. The first kappa shape index (κ1) is 25.6. The van der Waals surface area contributed by atoms with Crippen LogP contribution in [0.15, 0.2) is 36.7 Å². The van der Waals surface area contributed by atoms with Gasteiger partial charge >= 0.3 is 12.1 Å². The number of pyridine rings is 1. The van der Waals surface area contributed by atoms with Crippen molar-refractivity contribution in [3.05, 3.63) is 59.3 Å². The Kier molecular flexibility index (Phi) is 6.32. The van der Waals surface area contributed by atoms with Crippen LogP contribution in [-0.2, 0) is 17.5 Å². The van der Waals surface area contributed by atoms with Crippen LogP contribution in [0.4, 0.5) is 13.2 Å². The van der Waals surface area contributed by atoms with E-state index in [0.717, 1.165) is 12.3 Å². The monoisotopic (exact) mass is 530 g/mol. The molecule has 3 aliphatic rings. The van der Waals surface area contributed by atoms with Crippen molar-refractivity contribution in [3.8, 4) is 0 Å². The predicted octanol–water partition coefficient (Wildman–Crippen LogP) is 3.23. The van der Waals surface area contributed by atoms with Crippen molar-refractivity contribution in [3.63, 3.8) is 0 Å². The molecule has 0 saturated heterocycles. The highest BCUT2D eigenvalue weighted by Gasteiger charge is 2.52. The summed E-state index contributed by atoms with van der Waals surface area (Å²) in [5, 5.41) is 19.2. The highest BCUT2D eigenvalue weighted by atomic mass is 19.4. The molecule has 6 rings (SSSR count). The number of rotatable bonds is 7. The summed E-state index contributed by atoms with van der Waals surface area (Å²) in [4.78, 5) is 45.2. The Morgan fingerprint density at radius 2 is 1.68 bits per heavy atom. The molecule has 2 bridgehead atoms. The van der Waals surface area contributed by atoms with Crippen LogP contribution in [0.2, 0.25) is 0 Å². The number of carboxylic acids is 1. The average molecular weight is 531 g/mol. The molecular formula is C25H25F3N6O4. The molecule has 0 spiro atoms. The van der Waals surface area contributed by atoms with E-state index in [-0.39, 0.29) is 34.6 Å². The molecule has 0 aromatic carbocycles. The number of aromatic nitrogens is 4. The van der Waals surface area contributed by atoms with Gasteiger partial charge in [-0.2, -0.15) is 18.3 Å². The highest BCUT2D eigenvalue weighted by Crippen LogP contribution is 2.56. The van der Waals surface area contributed by atoms with Gasteiger partial charge in [0.05, 0.1) is 11.6 Å². The Hall–Kier alpha value is -4.03. The van der Waals surface area contributed by atoms with Crippen molar-refractivity contribution in [1.82, 2.24) is 30.2 Å². The summed E-state index contributed by atoms with van der Waals surface area (Å²) in [6.45, 7) is 0.177. The van der Waals surface area contributed by atoms with Crippen LogP contribution in [0.3, 0.4) is 0 Å². The van der Waals surface area contributed by atoms with Crippen LogP contribution in [0.1, 0.15) is 70.8 Å². The third-order valence-electron chi connectivity index (χ3n) is 7.87. The molecule has 0 atom stereocenters. The molecule has 3 heterocycles. The topological polar surface area (TPSA) is 139 Å². The summed E-state index contributed by atoms with van der Waals surface area (Å²) in [5.74, 6) is -1.88. The fourth-order valence-electron chi connectivity index (χ4n) is 5.41. The molecule has 3 aromatic rings. The standard InChI is InChI=1S/C25H25F3N6O4/c26-25(27,28)18-11-15(1-9-29-18)13-30-20(35)16-12-17(34-19(33-16)2-10-32-34)21(36)31-14-23-3-6-24(7-4-23,8-5-23)22(37)38/h1-2,9-12H,3-8,13-14H2,(H,30,35)(H,31,36)(H,37,38). The molecule has 3 N–H and O–H groups in total. The number of halogens is 3. The zero-order valence-electron chi connectivity index (χ0n) is 20.2. The molecule has 0 aliphatic heterocycles. The first-order chi connectivity index (χ1) is 18.0. The van der Waals surface area contributed by atoms with Crippen LogP contribution in [0.5, 0.6) is 0 Å². The quantitative estimate of drug-likeness (QED) is 0.426. The maximum absolute atomic E-state index is 13.2. The number of carbonyl (C=O) groups excluding carboxylic acids is 2. The Labute approximate surface area is 214 Å². The van der Waals surface area contributed by atoms with Gasteiger partial charge in [-0.1, -0.05) is 0 Å². The predicted molar refractivity (Wildman–Crippen MR) is 126 cm³/mol. The Bertz CT molecular complexity index is 1400. The van der Waals surface area contributed by atoms with E-state index in [0.29, 0.717) is 45.1 Å². The van der Waals surface area contributed by atoms with Gasteiger partial charge in [0, 0.05) is 31.4 Å². The molecule has 38 heavy (non-hydrogen) atoms. The maximum Gasteiger partial charge on any atom is 0.433 e. The van der Waals surface area contributed by atoms with Crippen LogP contribution in [0.25, 0.3) is 5.65 Å². The first-order valence-electron chi connectivity index (χ1n) is 12.2. The zero-order valence-corrected chi connectivity index (χ0v) is 20.2. The van der Waals surface area contributed by atoms with Gasteiger partial charge in [-0.3, -0.25) is 19.4 Å².